The van der Waals surface area contributed by atoms with Crippen molar-refractivity contribution in [2.24, 2.45) is 5.73 Å². The summed E-state index contributed by atoms with van der Waals surface area (Å²) in [7, 11) is 0. The van der Waals surface area contributed by atoms with E-state index >= 15 is 0 Å². The summed E-state index contributed by atoms with van der Waals surface area (Å²) in [5.41, 5.74) is 7.81. The molecule has 1 aliphatic rings. The highest BCUT2D eigenvalue weighted by molar-refractivity contribution is 5.79. The van der Waals surface area contributed by atoms with E-state index in [1.54, 1.807) is 0 Å². The Bertz CT molecular complexity index is 465. The maximum atomic E-state index is 12.2. The van der Waals surface area contributed by atoms with Gasteiger partial charge in [0, 0.05) is 31.7 Å². The van der Waals surface area contributed by atoms with E-state index < -0.39 is 0 Å². The van der Waals surface area contributed by atoms with Crippen LogP contribution in [0.25, 0.3) is 0 Å². The lowest BCUT2D eigenvalue weighted by atomic mass is 10.0. The van der Waals surface area contributed by atoms with Crippen molar-refractivity contribution < 1.29 is 4.79 Å². The van der Waals surface area contributed by atoms with Gasteiger partial charge >= 0.3 is 0 Å². The molecule has 4 nitrogen and oxygen atoms in total. The molecule has 21 heavy (non-hydrogen) atoms. The first-order valence-electron chi connectivity index (χ1n) is 7.90. The molecular formula is C17H27N3O. The molecule has 0 unspecified atom stereocenters. The summed E-state index contributed by atoms with van der Waals surface area (Å²) in [5, 5.41) is 3.17. The summed E-state index contributed by atoms with van der Waals surface area (Å²) >= 11 is 0. The van der Waals surface area contributed by atoms with Crippen LogP contribution in [0.4, 0.5) is 0 Å². The van der Waals surface area contributed by atoms with E-state index in [1.807, 2.05) is 24.3 Å². The SMILES string of the molecule is CC(C)N1CCC(NC(=O)Cc2ccccc2CN)CC1. The number of nitrogens with one attached hydrogen (secondary N) is 1. The molecular weight excluding hydrogens is 262 g/mol. The molecule has 0 aliphatic carbocycles. The number of carbonyl (C=O) groups excluding carboxylic acids is 1. The number of carbonyl (C=O) groups is 1. The summed E-state index contributed by atoms with van der Waals surface area (Å²) in [6.45, 7) is 7.07. The smallest absolute Gasteiger partial charge is 0.224 e. The standard InChI is InChI=1S/C17H27N3O/c1-13(2)20-9-7-16(8-10-20)19-17(21)11-14-5-3-4-6-15(14)12-18/h3-6,13,16H,7-12,18H2,1-2H3,(H,19,21). The van der Waals surface area contributed by atoms with Gasteiger partial charge < -0.3 is 16.0 Å². The molecule has 1 heterocycles. The number of nitrogens with zero attached hydrogens (tertiary/aromatic N) is 1. The molecule has 116 valence electrons. The zero-order valence-corrected chi connectivity index (χ0v) is 13.1. The van der Waals surface area contributed by atoms with Crippen molar-refractivity contribution in [1.82, 2.24) is 10.2 Å². The van der Waals surface area contributed by atoms with Crippen LogP contribution in [0.1, 0.15) is 37.8 Å². The summed E-state index contributed by atoms with van der Waals surface area (Å²) in [6.07, 6.45) is 2.52. The Balaban J connectivity index is 1.83. The topological polar surface area (TPSA) is 58.4 Å². The number of piperidine rings is 1. The highest BCUT2D eigenvalue weighted by atomic mass is 16.1. The summed E-state index contributed by atoms with van der Waals surface area (Å²) < 4.78 is 0. The van der Waals surface area contributed by atoms with E-state index in [9.17, 15) is 4.79 Å². The van der Waals surface area contributed by atoms with E-state index in [2.05, 4.69) is 24.1 Å². The lowest BCUT2D eigenvalue weighted by Crippen LogP contribution is -2.47. The fourth-order valence-electron chi connectivity index (χ4n) is 2.94. The molecule has 2 rings (SSSR count). The maximum absolute atomic E-state index is 12.2. The van der Waals surface area contributed by atoms with Crippen LogP contribution in [-0.2, 0) is 17.8 Å². The average Bonchev–Trinajstić information content (AvgIpc) is 2.48. The highest BCUT2D eigenvalue weighted by Crippen LogP contribution is 2.14. The predicted molar refractivity (Wildman–Crippen MR) is 85.9 cm³/mol. The minimum Gasteiger partial charge on any atom is -0.353 e. The van der Waals surface area contributed by atoms with Crippen molar-refractivity contribution in [2.75, 3.05) is 13.1 Å². The highest BCUT2D eigenvalue weighted by Gasteiger charge is 2.22. The quantitative estimate of drug-likeness (QED) is 0.867. The molecule has 1 saturated heterocycles. The molecule has 0 spiro atoms. The number of amides is 1. The van der Waals surface area contributed by atoms with Gasteiger partial charge in [-0.05, 0) is 37.8 Å². The van der Waals surface area contributed by atoms with Gasteiger partial charge in [0.15, 0.2) is 0 Å². The van der Waals surface area contributed by atoms with Gasteiger partial charge in [0.1, 0.15) is 0 Å². The molecule has 3 N–H and O–H groups in total. The Morgan fingerprint density at radius 1 is 1.29 bits per heavy atom. The number of rotatable bonds is 5. The third kappa shape index (κ3) is 4.55. The predicted octanol–water partition coefficient (Wildman–Crippen LogP) is 1.68. The van der Waals surface area contributed by atoms with Gasteiger partial charge in [-0.3, -0.25) is 4.79 Å². The van der Waals surface area contributed by atoms with Gasteiger partial charge in [0.2, 0.25) is 5.91 Å². The van der Waals surface area contributed by atoms with Crippen LogP contribution >= 0.6 is 0 Å². The molecule has 1 aromatic rings. The zero-order valence-electron chi connectivity index (χ0n) is 13.1. The summed E-state index contributed by atoms with van der Waals surface area (Å²) in [5.74, 6) is 0.110. The van der Waals surface area contributed by atoms with Crippen molar-refractivity contribution in [3.63, 3.8) is 0 Å². The Labute approximate surface area is 127 Å². The third-order valence-corrected chi connectivity index (χ3v) is 4.31. The van der Waals surface area contributed by atoms with Crippen LogP contribution in [0, 0.1) is 0 Å². The number of likely N-dealkylation sites (tertiary alicyclic amines) is 1. The molecule has 1 fully saturated rings. The van der Waals surface area contributed by atoms with Gasteiger partial charge in [0.05, 0.1) is 6.42 Å². The first-order chi connectivity index (χ1) is 10.1. The molecule has 1 amide bonds. The lowest BCUT2D eigenvalue weighted by molar-refractivity contribution is -0.121. The molecule has 1 aliphatic heterocycles. The van der Waals surface area contributed by atoms with Crippen molar-refractivity contribution in [1.29, 1.82) is 0 Å². The van der Waals surface area contributed by atoms with Crippen LogP contribution in [0.15, 0.2) is 24.3 Å². The number of nitrogens with two attached hydrogens (primary N) is 1. The van der Waals surface area contributed by atoms with Crippen molar-refractivity contribution >= 4 is 5.91 Å². The lowest BCUT2D eigenvalue weighted by Gasteiger charge is -2.34. The monoisotopic (exact) mass is 289 g/mol. The van der Waals surface area contributed by atoms with E-state index in [1.165, 1.54) is 0 Å². The van der Waals surface area contributed by atoms with E-state index in [0.29, 0.717) is 25.0 Å². The fraction of sp³-hybridized carbons (Fsp3) is 0.588. The summed E-state index contributed by atoms with van der Waals surface area (Å²) in [4.78, 5) is 14.7. The average molecular weight is 289 g/mol. The van der Waals surface area contributed by atoms with Crippen molar-refractivity contribution in [3.05, 3.63) is 35.4 Å². The van der Waals surface area contributed by atoms with Gasteiger partial charge in [-0.2, -0.15) is 0 Å². The Kier molecular flexibility index (Phi) is 5.76. The van der Waals surface area contributed by atoms with Gasteiger partial charge in [-0.15, -0.1) is 0 Å². The van der Waals surface area contributed by atoms with E-state index in [4.69, 9.17) is 5.73 Å². The first kappa shape index (κ1) is 16.0. The molecule has 0 aromatic heterocycles. The molecule has 1 aromatic carbocycles. The number of hydrogen-bond acceptors (Lipinski definition) is 3. The second-order valence-electron chi connectivity index (χ2n) is 6.12. The zero-order chi connectivity index (χ0) is 15.2. The number of hydrogen-bond donors (Lipinski definition) is 2. The Morgan fingerprint density at radius 2 is 1.90 bits per heavy atom. The minimum absolute atomic E-state index is 0.110. The molecule has 4 heteroatoms. The van der Waals surface area contributed by atoms with Crippen LogP contribution < -0.4 is 11.1 Å². The van der Waals surface area contributed by atoms with Crippen LogP contribution in [0.2, 0.25) is 0 Å². The summed E-state index contributed by atoms with van der Waals surface area (Å²) in [6, 6.07) is 8.82. The third-order valence-electron chi connectivity index (χ3n) is 4.31. The maximum Gasteiger partial charge on any atom is 0.224 e. The van der Waals surface area contributed by atoms with Crippen LogP contribution in [-0.4, -0.2) is 36.0 Å². The van der Waals surface area contributed by atoms with Crippen molar-refractivity contribution in [3.8, 4) is 0 Å². The van der Waals surface area contributed by atoms with Gasteiger partial charge in [-0.1, -0.05) is 24.3 Å². The molecule has 0 bridgehead atoms. The minimum atomic E-state index is 0.110. The molecule has 0 saturated carbocycles. The Morgan fingerprint density at radius 3 is 2.48 bits per heavy atom. The van der Waals surface area contributed by atoms with E-state index in [0.717, 1.165) is 37.1 Å². The molecule has 0 radical (unpaired) electrons. The molecule has 0 atom stereocenters. The first-order valence-corrected chi connectivity index (χ1v) is 7.90. The van der Waals surface area contributed by atoms with Gasteiger partial charge in [-0.25, -0.2) is 0 Å². The fourth-order valence-corrected chi connectivity index (χ4v) is 2.94. The largest absolute Gasteiger partial charge is 0.353 e. The van der Waals surface area contributed by atoms with Crippen LogP contribution in [0.5, 0.6) is 0 Å². The van der Waals surface area contributed by atoms with Crippen molar-refractivity contribution in [2.45, 2.75) is 51.7 Å². The second-order valence-corrected chi connectivity index (χ2v) is 6.12. The van der Waals surface area contributed by atoms with Crippen LogP contribution in [0.3, 0.4) is 0 Å². The Hall–Kier alpha value is -1.39. The second kappa shape index (κ2) is 7.57. The normalized spacial score (nSPS) is 17.1. The van der Waals surface area contributed by atoms with Gasteiger partial charge in [0.25, 0.3) is 0 Å². The van der Waals surface area contributed by atoms with E-state index in [-0.39, 0.29) is 5.91 Å². The number of benzene rings is 1.